The molecule has 3 aromatic rings. The minimum atomic E-state index is -1.56. The number of phenols is 2. The summed E-state index contributed by atoms with van der Waals surface area (Å²) in [7, 11) is 0. The molecule has 4 atom stereocenters. The van der Waals surface area contributed by atoms with Crippen molar-refractivity contribution in [2.45, 2.75) is 24.6 Å². The van der Waals surface area contributed by atoms with Crippen molar-refractivity contribution in [3.63, 3.8) is 0 Å². The lowest BCUT2D eigenvalue weighted by Crippen LogP contribution is -2.54. The third kappa shape index (κ3) is 3.42. The zero-order valence-electron chi connectivity index (χ0n) is 15.3. The van der Waals surface area contributed by atoms with Crippen molar-refractivity contribution in [2.24, 2.45) is 0 Å². The van der Waals surface area contributed by atoms with E-state index in [2.05, 4.69) is 0 Å². The van der Waals surface area contributed by atoms with Crippen LogP contribution in [0.25, 0.3) is 22.3 Å². The molecule has 0 aliphatic carbocycles. The molecule has 1 saturated heterocycles. The van der Waals surface area contributed by atoms with Crippen molar-refractivity contribution in [1.82, 2.24) is 0 Å². The van der Waals surface area contributed by atoms with Crippen LogP contribution in [0.5, 0.6) is 23.0 Å². The van der Waals surface area contributed by atoms with Gasteiger partial charge in [0.2, 0.25) is 17.5 Å². The van der Waals surface area contributed by atoms with Gasteiger partial charge in [-0.25, -0.2) is 0 Å². The van der Waals surface area contributed by atoms with Crippen LogP contribution in [0.1, 0.15) is 0 Å². The van der Waals surface area contributed by atoms with Crippen molar-refractivity contribution in [3.05, 3.63) is 46.6 Å². The second kappa shape index (κ2) is 7.50. The van der Waals surface area contributed by atoms with Gasteiger partial charge in [-0.3, -0.25) is 4.79 Å². The first kappa shape index (κ1) is 20.0. The Morgan fingerprint density at radius 3 is 2.37 bits per heavy atom. The van der Waals surface area contributed by atoms with E-state index in [9.17, 15) is 35.4 Å². The van der Waals surface area contributed by atoms with Gasteiger partial charge >= 0.3 is 0 Å². The number of hydrogen-bond donors (Lipinski definition) is 6. The summed E-state index contributed by atoms with van der Waals surface area (Å²) in [5, 5.41) is 58.9. The summed E-state index contributed by atoms with van der Waals surface area (Å²) >= 11 is 0. The molecule has 2 heterocycles. The van der Waals surface area contributed by atoms with Crippen LogP contribution < -0.4 is 10.2 Å². The lowest BCUT2D eigenvalue weighted by Gasteiger charge is -2.34. The summed E-state index contributed by atoms with van der Waals surface area (Å²) in [6.07, 6.45) is -5.68. The Balaban J connectivity index is 1.76. The first-order valence-electron chi connectivity index (χ1n) is 8.91. The molecule has 1 aromatic heterocycles. The molecule has 0 bridgehead atoms. The Morgan fingerprint density at radius 2 is 1.67 bits per heavy atom. The van der Waals surface area contributed by atoms with E-state index in [1.165, 1.54) is 30.3 Å². The maximum atomic E-state index is 12.6. The van der Waals surface area contributed by atoms with E-state index in [1.807, 2.05) is 0 Å². The fourth-order valence-electron chi connectivity index (χ4n) is 3.16. The molecule has 0 radical (unpaired) electrons. The number of aliphatic hydroxyl groups is 3. The Labute approximate surface area is 168 Å². The van der Waals surface area contributed by atoms with E-state index in [1.54, 1.807) is 0 Å². The minimum absolute atomic E-state index is 0.0203. The van der Waals surface area contributed by atoms with Crippen LogP contribution in [0.3, 0.4) is 0 Å². The zero-order valence-corrected chi connectivity index (χ0v) is 15.3. The van der Waals surface area contributed by atoms with Crippen molar-refractivity contribution in [1.29, 1.82) is 0 Å². The van der Waals surface area contributed by atoms with E-state index in [4.69, 9.17) is 13.9 Å². The van der Waals surface area contributed by atoms with Crippen LogP contribution in [0.4, 0.5) is 0 Å². The Morgan fingerprint density at radius 1 is 0.967 bits per heavy atom. The summed E-state index contributed by atoms with van der Waals surface area (Å²) in [6, 6.07) is 7.85. The highest BCUT2D eigenvalue weighted by atomic mass is 16.7. The molecule has 0 amide bonds. The number of hydrogen-bond acceptors (Lipinski definition) is 10. The molecule has 1 aliphatic heterocycles. The van der Waals surface area contributed by atoms with Crippen molar-refractivity contribution >= 4 is 11.0 Å². The van der Waals surface area contributed by atoms with E-state index < -0.39 is 41.5 Å². The lowest BCUT2D eigenvalue weighted by molar-refractivity contribution is -0.242. The number of benzene rings is 2. The predicted molar refractivity (Wildman–Crippen MR) is 101 cm³/mol. The summed E-state index contributed by atoms with van der Waals surface area (Å²) < 4.78 is 16.2. The number of rotatable bonds is 3. The molecule has 0 spiro atoms. The summed E-state index contributed by atoms with van der Waals surface area (Å²) in [5.41, 5.74) is -0.698. The normalized spacial score (nSPS) is 24.1. The molecule has 30 heavy (non-hydrogen) atoms. The minimum Gasteiger partial charge on any atom is -0.508 e. The van der Waals surface area contributed by atoms with Gasteiger partial charge in [0.15, 0.2) is 5.76 Å². The quantitative estimate of drug-likeness (QED) is 0.350. The Bertz CT molecular complexity index is 1140. The topological polar surface area (TPSA) is 170 Å². The van der Waals surface area contributed by atoms with Crippen molar-refractivity contribution in [2.75, 3.05) is 6.61 Å². The molecule has 4 rings (SSSR count). The van der Waals surface area contributed by atoms with Gasteiger partial charge in [0.1, 0.15) is 46.5 Å². The third-order valence-electron chi connectivity index (χ3n) is 4.76. The number of ether oxygens (including phenoxy) is 2. The molecule has 10 nitrogen and oxygen atoms in total. The van der Waals surface area contributed by atoms with Crippen LogP contribution in [0.15, 0.2) is 45.6 Å². The molecule has 6 N–H and O–H groups in total. The number of fused-ring (bicyclic) bond motifs is 1. The van der Waals surface area contributed by atoms with E-state index in [-0.39, 0.29) is 34.8 Å². The van der Waals surface area contributed by atoms with Gasteiger partial charge in [-0.05, 0) is 24.3 Å². The number of aromatic hydroxyl groups is 3. The molecule has 0 unspecified atom stereocenters. The Kier molecular flexibility index (Phi) is 5.00. The highest BCUT2D eigenvalue weighted by molar-refractivity contribution is 5.88. The van der Waals surface area contributed by atoms with Crippen LogP contribution >= 0.6 is 0 Å². The van der Waals surface area contributed by atoms with Gasteiger partial charge < -0.3 is 44.5 Å². The van der Waals surface area contributed by atoms with Crippen molar-refractivity contribution in [3.8, 4) is 34.3 Å². The average Bonchev–Trinajstić information content (AvgIpc) is 2.71. The standard InChI is InChI=1S/C20H18O10/c21-9-3-1-8(2-4-9)19-17(26)16(25)14-11(22)5-10(6-13(14)30-19)29-20-18(27)15(24)12(23)7-28-20/h1-6,12,15,18,20-24,26-27H,7H2/t12-,15+,18+,20+/m1/s1. The van der Waals surface area contributed by atoms with Crippen LogP contribution in [-0.4, -0.2) is 61.8 Å². The fourth-order valence-corrected chi connectivity index (χ4v) is 3.16. The fraction of sp³-hybridized carbons (Fsp3) is 0.250. The SMILES string of the molecule is O=c1c(O)c(-c2ccc(O)cc2)oc2cc(O[C@@H]3OC[C@@H](O)[C@H](O)[C@@H]3O)cc(O)c12. The molecular weight excluding hydrogens is 400 g/mol. The Hall–Kier alpha value is -3.31. The highest BCUT2D eigenvalue weighted by Gasteiger charge is 2.39. The van der Waals surface area contributed by atoms with Gasteiger partial charge in [-0.2, -0.15) is 0 Å². The van der Waals surface area contributed by atoms with Crippen LogP contribution in [0.2, 0.25) is 0 Å². The van der Waals surface area contributed by atoms with Gasteiger partial charge in [0.05, 0.1) is 6.61 Å². The molecule has 158 valence electrons. The summed E-state index contributed by atoms with van der Waals surface area (Å²) in [5.74, 6) is -1.53. The monoisotopic (exact) mass is 418 g/mol. The predicted octanol–water partition coefficient (Wildman–Crippen LogP) is 0.395. The third-order valence-corrected chi connectivity index (χ3v) is 4.76. The van der Waals surface area contributed by atoms with Gasteiger partial charge in [-0.15, -0.1) is 0 Å². The second-order valence-corrected chi connectivity index (χ2v) is 6.84. The molecule has 10 heteroatoms. The lowest BCUT2D eigenvalue weighted by atomic mass is 10.1. The largest absolute Gasteiger partial charge is 0.508 e. The highest BCUT2D eigenvalue weighted by Crippen LogP contribution is 2.36. The van der Waals surface area contributed by atoms with Gasteiger partial charge in [0.25, 0.3) is 0 Å². The second-order valence-electron chi connectivity index (χ2n) is 6.84. The molecule has 1 fully saturated rings. The van der Waals surface area contributed by atoms with E-state index >= 15 is 0 Å². The average molecular weight is 418 g/mol. The zero-order chi connectivity index (χ0) is 21.6. The van der Waals surface area contributed by atoms with Crippen molar-refractivity contribution < 1.29 is 44.5 Å². The van der Waals surface area contributed by atoms with Gasteiger partial charge in [0, 0.05) is 17.7 Å². The van der Waals surface area contributed by atoms with Gasteiger partial charge in [-0.1, -0.05) is 0 Å². The summed E-state index contributed by atoms with van der Waals surface area (Å²) in [6.45, 7) is -0.281. The van der Waals surface area contributed by atoms with E-state index in [0.717, 1.165) is 6.07 Å². The molecule has 0 saturated carbocycles. The maximum absolute atomic E-state index is 12.6. The summed E-state index contributed by atoms with van der Waals surface area (Å²) in [4.78, 5) is 12.6. The molecule has 1 aliphatic rings. The number of phenolic OH excluding ortho intramolecular Hbond substituents is 2. The van der Waals surface area contributed by atoms with Crippen LogP contribution in [0, 0.1) is 0 Å². The van der Waals surface area contributed by atoms with Crippen LogP contribution in [-0.2, 0) is 4.74 Å². The molecule has 2 aromatic carbocycles. The van der Waals surface area contributed by atoms with E-state index in [0.29, 0.717) is 5.56 Å². The maximum Gasteiger partial charge on any atom is 0.238 e. The first-order valence-corrected chi connectivity index (χ1v) is 8.91. The smallest absolute Gasteiger partial charge is 0.238 e. The molecular formula is C20H18O10. The number of aliphatic hydroxyl groups excluding tert-OH is 3. The first-order chi connectivity index (χ1) is 14.3.